The van der Waals surface area contributed by atoms with Gasteiger partial charge in [0.1, 0.15) is 0 Å². The molecule has 1 fully saturated rings. The number of amides is 1. The van der Waals surface area contributed by atoms with Crippen molar-refractivity contribution in [3.05, 3.63) is 57.5 Å². The molecule has 0 atom stereocenters. The molecule has 0 aliphatic heterocycles. The SMILES string of the molecule is CCN(Cc1noc(C2CCC2)n1)C(=O)c1cc(=O)[nH]c2ccc(C)cc12. The molecule has 140 valence electrons. The van der Waals surface area contributed by atoms with Crippen LogP contribution in [0.15, 0.2) is 33.6 Å². The van der Waals surface area contributed by atoms with Gasteiger partial charge in [-0.25, -0.2) is 0 Å². The van der Waals surface area contributed by atoms with Crippen LogP contribution >= 0.6 is 0 Å². The molecule has 0 spiro atoms. The van der Waals surface area contributed by atoms with Crippen molar-refractivity contribution in [1.29, 1.82) is 0 Å². The van der Waals surface area contributed by atoms with Gasteiger partial charge in [-0.3, -0.25) is 9.59 Å². The second kappa shape index (κ2) is 6.98. The Kier molecular flexibility index (Phi) is 4.51. The number of aromatic amines is 1. The van der Waals surface area contributed by atoms with Gasteiger partial charge >= 0.3 is 0 Å². The number of aromatic nitrogens is 3. The Hall–Kier alpha value is -2.96. The second-order valence-corrected chi connectivity index (χ2v) is 7.09. The molecule has 1 aliphatic rings. The number of hydrogen-bond donors (Lipinski definition) is 1. The molecule has 1 aromatic carbocycles. The summed E-state index contributed by atoms with van der Waals surface area (Å²) >= 11 is 0. The zero-order chi connectivity index (χ0) is 19.0. The lowest BCUT2D eigenvalue weighted by Crippen LogP contribution is -2.31. The number of rotatable bonds is 5. The predicted molar refractivity (Wildman–Crippen MR) is 101 cm³/mol. The van der Waals surface area contributed by atoms with Crippen LogP contribution in [0.2, 0.25) is 0 Å². The van der Waals surface area contributed by atoms with E-state index in [-0.39, 0.29) is 18.0 Å². The standard InChI is InChI=1S/C20H22N4O3/c1-3-24(11-17-22-19(27-23-17)13-5-4-6-13)20(26)15-10-18(25)21-16-8-7-12(2)9-14(15)16/h7-10,13H,3-6,11H2,1-2H3,(H,21,25). The maximum Gasteiger partial charge on any atom is 0.255 e. The molecule has 2 aromatic heterocycles. The maximum absolute atomic E-state index is 13.2. The Balaban J connectivity index is 1.63. The van der Waals surface area contributed by atoms with Crippen LogP contribution < -0.4 is 5.56 Å². The summed E-state index contributed by atoms with van der Waals surface area (Å²) in [6, 6.07) is 7.01. The van der Waals surface area contributed by atoms with Crippen molar-refractivity contribution in [1.82, 2.24) is 20.0 Å². The van der Waals surface area contributed by atoms with Crippen LogP contribution in [0, 0.1) is 6.92 Å². The molecule has 27 heavy (non-hydrogen) atoms. The van der Waals surface area contributed by atoms with Crippen molar-refractivity contribution in [3.8, 4) is 0 Å². The smallest absolute Gasteiger partial charge is 0.255 e. The molecule has 4 rings (SSSR count). The first-order chi connectivity index (χ1) is 13.0. The molecule has 0 radical (unpaired) electrons. The number of H-pyrrole nitrogens is 1. The molecule has 3 aromatic rings. The molecule has 1 saturated carbocycles. The number of nitrogens with zero attached hydrogens (tertiary/aromatic N) is 3. The van der Waals surface area contributed by atoms with Gasteiger partial charge in [-0.15, -0.1) is 0 Å². The summed E-state index contributed by atoms with van der Waals surface area (Å²) in [5.41, 5.74) is 1.77. The van der Waals surface area contributed by atoms with Gasteiger partial charge in [0.15, 0.2) is 5.82 Å². The van der Waals surface area contributed by atoms with E-state index in [1.807, 2.05) is 32.0 Å². The summed E-state index contributed by atoms with van der Waals surface area (Å²) < 4.78 is 5.35. The lowest BCUT2D eigenvalue weighted by Gasteiger charge is -2.21. The lowest BCUT2D eigenvalue weighted by molar-refractivity contribution is 0.0749. The molecular weight excluding hydrogens is 344 g/mol. The van der Waals surface area contributed by atoms with E-state index < -0.39 is 0 Å². The number of fused-ring (bicyclic) bond motifs is 1. The van der Waals surface area contributed by atoms with Crippen LogP contribution in [0.1, 0.15) is 59.7 Å². The number of hydrogen-bond acceptors (Lipinski definition) is 5. The number of benzene rings is 1. The number of carbonyl (C=O) groups excluding carboxylic acids is 1. The molecule has 0 bridgehead atoms. The van der Waals surface area contributed by atoms with Crippen molar-refractivity contribution in [2.75, 3.05) is 6.54 Å². The normalized spacial score (nSPS) is 14.3. The quantitative estimate of drug-likeness (QED) is 0.749. The number of nitrogens with one attached hydrogen (secondary N) is 1. The first-order valence-corrected chi connectivity index (χ1v) is 9.30. The minimum Gasteiger partial charge on any atom is -0.339 e. The summed E-state index contributed by atoms with van der Waals surface area (Å²) in [7, 11) is 0. The van der Waals surface area contributed by atoms with Gasteiger partial charge in [-0.2, -0.15) is 4.98 Å². The van der Waals surface area contributed by atoms with Crippen molar-refractivity contribution in [2.24, 2.45) is 0 Å². The Bertz CT molecular complexity index is 1050. The van der Waals surface area contributed by atoms with Crippen molar-refractivity contribution >= 4 is 16.8 Å². The van der Waals surface area contributed by atoms with Crippen molar-refractivity contribution in [3.63, 3.8) is 0 Å². The van der Waals surface area contributed by atoms with E-state index in [4.69, 9.17) is 4.52 Å². The summed E-state index contributed by atoms with van der Waals surface area (Å²) in [5.74, 6) is 1.31. The highest BCUT2D eigenvalue weighted by atomic mass is 16.5. The third kappa shape index (κ3) is 3.37. The summed E-state index contributed by atoms with van der Waals surface area (Å²) in [6.07, 6.45) is 3.35. The highest BCUT2D eigenvalue weighted by molar-refractivity contribution is 6.06. The number of aryl methyl sites for hydroxylation is 1. The third-order valence-electron chi connectivity index (χ3n) is 5.17. The summed E-state index contributed by atoms with van der Waals surface area (Å²) in [5, 5.41) is 4.77. The van der Waals surface area contributed by atoms with E-state index in [1.54, 1.807) is 4.90 Å². The molecular formula is C20H22N4O3. The highest BCUT2D eigenvalue weighted by Crippen LogP contribution is 2.35. The topological polar surface area (TPSA) is 92.1 Å². The van der Waals surface area contributed by atoms with Crippen LogP contribution in [-0.4, -0.2) is 32.5 Å². The maximum atomic E-state index is 13.2. The Labute approximate surface area is 156 Å². The molecule has 1 N–H and O–H groups in total. The number of carbonyl (C=O) groups is 1. The Morgan fingerprint density at radius 3 is 2.85 bits per heavy atom. The minimum absolute atomic E-state index is 0.214. The van der Waals surface area contributed by atoms with E-state index in [2.05, 4.69) is 15.1 Å². The van der Waals surface area contributed by atoms with Gasteiger partial charge in [-0.05, 0) is 38.8 Å². The van der Waals surface area contributed by atoms with Gasteiger partial charge in [0, 0.05) is 29.4 Å². The van der Waals surface area contributed by atoms with Gasteiger partial charge in [-0.1, -0.05) is 23.2 Å². The lowest BCUT2D eigenvalue weighted by atomic mass is 9.85. The molecule has 7 heteroatoms. The average Bonchev–Trinajstić information content (AvgIpc) is 3.05. The fourth-order valence-corrected chi connectivity index (χ4v) is 3.37. The zero-order valence-electron chi connectivity index (χ0n) is 15.5. The van der Waals surface area contributed by atoms with Crippen LogP contribution in [-0.2, 0) is 6.54 Å². The van der Waals surface area contributed by atoms with E-state index in [0.717, 1.165) is 23.8 Å². The molecule has 1 aliphatic carbocycles. The van der Waals surface area contributed by atoms with Gasteiger partial charge < -0.3 is 14.4 Å². The van der Waals surface area contributed by atoms with E-state index in [0.29, 0.717) is 35.3 Å². The number of pyridine rings is 1. The molecule has 1 amide bonds. The molecule has 2 heterocycles. The largest absolute Gasteiger partial charge is 0.339 e. The minimum atomic E-state index is -0.294. The fraction of sp³-hybridized carbons (Fsp3) is 0.400. The Morgan fingerprint density at radius 2 is 2.15 bits per heavy atom. The monoisotopic (exact) mass is 366 g/mol. The zero-order valence-corrected chi connectivity index (χ0v) is 15.5. The highest BCUT2D eigenvalue weighted by Gasteiger charge is 2.26. The van der Waals surface area contributed by atoms with Gasteiger partial charge in [0.2, 0.25) is 11.4 Å². The van der Waals surface area contributed by atoms with Crippen molar-refractivity contribution in [2.45, 2.75) is 45.6 Å². The van der Waals surface area contributed by atoms with Crippen LogP contribution in [0.3, 0.4) is 0 Å². The average molecular weight is 366 g/mol. The third-order valence-corrected chi connectivity index (χ3v) is 5.17. The Morgan fingerprint density at radius 1 is 1.33 bits per heavy atom. The van der Waals surface area contributed by atoms with Crippen LogP contribution in [0.25, 0.3) is 10.9 Å². The molecule has 7 nitrogen and oxygen atoms in total. The molecule has 0 saturated heterocycles. The summed E-state index contributed by atoms with van der Waals surface area (Å²) in [4.78, 5) is 34.0. The van der Waals surface area contributed by atoms with Gasteiger partial charge in [0.25, 0.3) is 5.91 Å². The first-order valence-electron chi connectivity index (χ1n) is 9.30. The fourth-order valence-electron chi connectivity index (χ4n) is 3.37. The van der Waals surface area contributed by atoms with Gasteiger partial charge in [0.05, 0.1) is 12.1 Å². The summed E-state index contributed by atoms with van der Waals surface area (Å²) in [6.45, 7) is 4.58. The van der Waals surface area contributed by atoms with E-state index >= 15 is 0 Å². The van der Waals surface area contributed by atoms with Crippen LogP contribution in [0.5, 0.6) is 0 Å². The molecule has 0 unspecified atom stereocenters. The first kappa shape index (κ1) is 17.5. The second-order valence-electron chi connectivity index (χ2n) is 7.09. The van der Waals surface area contributed by atoms with E-state index in [1.165, 1.54) is 12.5 Å². The van der Waals surface area contributed by atoms with Crippen molar-refractivity contribution < 1.29 is 9.32 Å². The predicted octanol–water partition coefficient (Wildman–Crippen LogP) is 3.15. The van der Waals surface area contributed by atoms with Crippen LogP contribution in [0.4, 0.5) is 0 Å². The van der Waals surface area contributed by atoms with E-state index in [9.17, 15) is 9.59 Å².